The lowest BCUT2D eigenvalue weighted by atomic mass is 10.0. The van der Waals surface area contributed by atoms with E-state index in [9.17, 15) is 4.79 Å². The van der Waals surface area contributed by atoms with Crippen molar-refractivity contribution < 1.29 is 9.53 Å². The van der Waals surface area contributed by atoms with E-state index in [-0.39, 0.29) is 12.4 Å². The van der Waals surface area contributed by atoms with Gasteiger partial charge in [-0.15, -0.1) is 0 Å². The molecule has 4 heteroatoms. The summed E-state index contributed by atoms with van der Waals surface area (Å²) < 4.78 is 5.41. The topological polar surface area (TPSA) is 39.2 Å². The Labute approximate surface area is 168 Å². The number of fused-ring (bicyclic) bond motifs is 1. The number of nitrogens with zero attached hydrogens (tertiary/aromatic N) is 1. The molecule has 0 saturated carbocycles. The van der Waals surface area contributed by atoms with Gasteiger partial charge in [0.2, 0.25) is 0 Å². The number of hydrogen-bond donors (Lipinski definition) is 0. The summed E-state index contributed by atoms with van der Waals surface area (Å²) >= 11 is 6.40. The molecule has 4 rings (SSSR count). The van der Waals surface area contributed by atoms with Gasteiger partial charge in [0.1, 0.15) is 5.75 Å². The van der Waals surface area contributed by atoms with Gasteiger partial charge < -0.3 is 4.74 Å². The maximum absolute atomic E-state index is 12.3. The second kappa shape index (κ2) is 8.24. The van der Waals surface area contributed by atoms with Crippen LogP contribution in [-0.4, -0.2) is 11.0 Å². The standard InChI is InChI=1S/C24H18ClNO2/c25-21-13-7-12-20-18(14-15-23(27)28-19-10-5-2-6-11-19)16-22(26-24(20)21)17-8-3-1-4-9-17/h1-13,16H,14-15H2. The molecule has 0 aliphatic carbocycles. The molecule has 1 heterocycles. The Bertz CT molecular complexity index is 1110. The number of ether oxygens (including phenoxy) is 1. The summed E-state index contributed by atoms with van der Waals surface area (Å²) in [5.74, 6) is 0.291. The number of halogens is 1. The molecule has 0 N–H and O–H groups in total. The van der Waals surface area contributed by atoms with Crippen LogP contribution in [0.15, 0.2) is 84.9 Å². The maximum Gasteiger partial charge on any atom is 0.311 e. The zero-order chi connectivity index (χ0) is 19.3. The van der Waals surface area contributed by atoms with Crippen LogP contribution in [0.2, 0.25) is 5.02 Å². The second-order valence-electron chi connectivity index (χ2n) is 6.46. The van der Waals surface area contributed by atoms with Gasteiger partial charge in [-0.25, -0.2) is 4.98 Å². The Balaban J connectivity index is 1.64. The number of benzene rings is 3. The van der Waals surface area contributed by atoms with Crippen LogP contribution in [0.4, 0.5) is 0 Å². The number of para-hydroxylation sites is 2. The molecule has 0 fully saturated rings. The zero-order valence-corrected chi connectivity index (χ0v) is 15.9. The number of esters is 1. The lowest BCUT2D eigenvalue weighted by molar-refractivity contribution is -0.134. The summed E-state index contributed by atoms with van der Waals surface area (Å²) in [5.41, 5.74) is 3.62. The molecule has 0 saturated heterocycles. The Morgan fingerprint density at radius 2 is 1.61 bits per heavy atom. The average molecular weight is 388 g/mol. The SMILES string of the molecule is O=C(CCc1cc(-c2ccccc2)nc2c(Cl)cccc12)Oc1ccccc1. The highest BCUT2D eigenvalue weighted by molar-refractivity contribution is 6.35. The van der Waals surface area contributed by atoms with Crippen molar-refractivity contribution in [2.45, 2.75) is 12.8 Å². The van der Waals surface area contributed by atoms with Gasteiger partial charge in [-0.3, -0.25) is 4.79 Å². The monoisotopic (exact) mass is 387 g/mol. The minimum absolute atomic E-state index is 0.264. The number of aryl methyl sites for hydroxylation is 1. The van der Waals surface area contributed by atoms with Gasteiger partial charge >= 0.3 is 5.97 Å². The molecule has 1 aromatic heterocycles. The van der Waals surface area contributed by atoms with Gasteiger partial charge in [0, 0.05) is 10.9 Å². The first kappa shape index (κ1) is 18.2. The Morgan fingerprint density at radius 3 is 2.36 bits per heavy atom. The molecule has 0 radical (unpaired) electrons. The van der Waals surface area contributed by atoms with Crippen LogP contribution in [-0.2, 0) is 11.2 Å². The summed E-state index contributed by atoms with van der Waals surface area (Å²) in [6.45, 7) is 0. The first-order valence-electron chi connectivity index (χ1n) is 9.10. The van der Waals surface area contributed by atoms with Gasteiger partial charge in [0.15, 0.2) is 0 Å². The second-order valence-corrected chi connectivity index (χ2v) is 6.86. The van der Waals surface area contributed by atoms with Crippen LogP contribution < -0.4 is 4.74 Å². The van der Waals surface area contributed by atoms with Gasteiger partial charge in [-0.1, -0.05) is 72.3 Å². The van der Waals surface area contributed by atoms with Crippen LogP contribution in [0.5, 0.6) is 5.75 Å². The van der Waals surface area contributed by atoms with E-state index in [1.165, 1.54) is 0 Å². The Morgan fingerprint density at radius 1 is 0.893 bits per heavy atom. The molecular formula is C24H18ClNO2. The predicted molar refractivity (Wildman–Crippen MR) is 113 cm³/mol. The lowest BCUT2D eigenvalue weighted by Crippen LogP contribution is -2.09. The molecule has 0 bridgehead atoms. The highest BCUT2D eigenvalue weighted by Crippen LogP contribution is 2.29. The normalized spacial score (nSPS) is 10.8. The van der Waals surface area contributed by atoms with E-state index in [1.807, 2.05) is 72.8 Å². The molecule has 3 aromatic carbocycles. The van der Waals surface area contributed by atoms with Gasteiger partial charge in [-0.2, -0.15) is 0 Å². The zero-order valence-electron chi connectivity index (χ0n) is 15.1. The van der Waals surface area contributed by atoms with E-state index < -0.39 is 0 Å². The van der Waals surface area contributed by atoms with E-state index in [4.69, 9.17) is 21.3 Å². The third-order valence-corrected chi connectivity index (χ3v) is 4.82. The highest BCUT2D eigenvalue weighted by atomic mass is 35.5. The Hall–Kier alpha value is -3.17. The minimum atomic E-state index is -0.264. The smallest absolute Gasteiger partial charge is 0.311 e. The molecule has 28 heavy (non-hydrogen) atoms. The van der Waals surface area contributed by atoms with Gasteiger partial charge in [0.05, 0.1) is 22.7 Å². The molecule has 0 aliphatic rings. The van der Waals surface area contributed by atoms with E-state index in [2.05, 4.69) is 0 Å². The number of hydrogen-bond acceptors (Lipinski definition) is 3. The molecule has 0 atom stereocenters. The number of carbonyl (C=O) groups excluding carboxylic acids is 1. The Kier molecular flexibility index (Phi) is 5.36. The average Bonchev–Trinajstić information content (AvgIpc) is 2.74. The summed E-state index contributed by atoms with van der Waals surface area (Å²) in [4.78, 5) is 17.0. The minimum Gasteiger partial charge on any atom is -0.427 e. The fourth-order valence-corrected chi connectivity index (χ4v) is 3.37. The summed E-state index contributed by atoms with van der Waals surface area (Å²) in [7, 11) is 0. The molecule has 0 unspecified atom stereocenters. The van der Waals surface area contributed by atoms with Crippen LogP contribution in [0.1, 0.15) is 12.0 Å². The molecule has 4 aromatic rings. The number of carbonyl (C=O) groups is 1. The van der Waals surface area contributed by atoms with Crippen LogP contribution in [0.3, 0.4) is 0 Å². The fourth-order valence-electron chi connectivity index (χ4n) is 3.15. The molecule has 0 aliphatic heterocycles. The fraction of sp³-hybridized carbons (Fsp3) is 0.0833. The number of aromatic nitrogens is 1. The molecule has 3 nitrogen and oxygen atoms in total. The number of rotatable bonds is 5. The molecule has 0 spiro atoms. The van der Waals surface area contributed by atoms with E-state index in [0.29, 0.717) is 17.2 Å². The van der Waals surface area contributed by atoms with Crippen molar-refractivity contribution in [3.05, 3.63) is 95.5 Å². The van der Waals surface area contributed by atoms with Crippen LogP contribution in [0, 0.1) is 0 Å². The number of pyridine rings is 1. The summed E-state index contributed by atoms with van der Waals surface area (Å²) in [5, 5.41) is 1.56. The van der Waals surface area contributed by atoms with E-state index in [0.717, 1.165) is 27.7 Å². The van der Waals surface area contributed by atoms with Crippen molar-refractivity contribution >= 4 is 28.5 Å². The largest absolute Gasteiger partial charge is 0.427 e. The van der Waals surface area contributed by atoms with E-state index in [1.54, 1.807) is 12.1 Å². The van der Waals surface area contributed by atoms with Crippen molar-refractivity contribution in [1.29, 1.82) is 0 Å². The third-order valence-electron chi connectivity index (χ3n) is 4.52. The van der Waals surface area contributed by atoms with Crippen LogP contribution >= 0.6 is 11.6 Å². The van der Waals surface area contributed by atoms with Crippen molar-refractivity contribution in [2.75, 3.05) is 0 Å². The molecule has 138 valence electrons. The van der Waals surface area contributed by atoms with Crippen molar-refractivity contribution in [2.24, 2.45) is 0 Å². The first-order chi connectivity index (χ1) is 13.7. The third kappa shape index (κ3) is 4.05. The van der Waals surface area contributed by atoms with Crippen molar-refractivity contribution in [1.82, 2.24) is 4.98 Å². The van der Waals surface area contributed by atoms with E-state index >= 15 is 0 Å². The first-order valence-corrected chi connectivity index (χ1v) is 9.48. The van der Waals surface area contributed by atoms with Crippen molar-refractivity contribution in [3.63, 3.8) is 0 Å². The maximum atomic E-state index is 12.3. The highest BCUT2D eigenvalue weighted by Gasteiger charge is 2.12. The van der Waals surface area contributed by atoms with Gasteiger partial charge in [-0.05, 0) is 36.2 Å². The summed E-state index contributed by atoms with van der Waals surface area (Å²) in [6, 6.07) is 26.8. The lowest BCUT2D eigenvalue weighted by Gasteiger charge is -2.11. The van der Waals surface area contributed by atoms with Crippen LogP contribution in [0.25, 0.3) is 22.2 Å². The van der Waals surface area contributed by atoms with Crippen molar-refractivity contribution in [3.8, 4) is 17.0 Å². The quantitative estimate of drug-likeness (QED) is 0.307. The molecule has 0 amide bonds. The van der Waals surface area contributed by atoms with Gasteiger partial charge in [0.25, 0.3) is 0 Å². The predicted octanol–water partition coefficient (Wildman–Crippen LogP) is 6.09. The molecular weight excluding hydrogens is 370 g/mol. The summed E-state index contributed by atoms with van der Waals surface area (Å²) in [6.07, 6.45) is 0.819.